The van der Waals surface area contributed by atoms with Crippen LogP contribution in [0.4, 0.5) is 13.2 Å². The van der Waals surface area contributed by atoms with Gasteiger partial charge in [-0.2, -0.15) is 18.4 Å². The Hall–Kier alpha value is -1.29. The van der Waals surface area contributed by atoms with Crippen molar-refractivity contribution < 1.29 is 22.7 Å². The lowest BCUT2D eigenvalue weighted by Crippen LogP contribution is -2.48. The van der Waals surface area contributed by atoms with E-state index in [2.05, 4.69) is 10.1 Å². The molecule has 0 atom stereocenters. The van der Waals surface area contributed by atoms with E-state index >= 15 is 0 Å². The maximum atomic E-state index is 11.7. The number of alkyl halides is 3. The van der Waals surface area contributed by atoms with Gasteiger partial charge in [-0.3, -0.25) is 4.79 Å². The van der Waals surface area contributed by atoms with Crippen LogP contribution in [0.1, 0.15) is 26.7 Å². The molecule has 0 aliphatic carbocycles. The highest BCUT2D eigenvalue weighted by atomic mass is 19.4. The van der Waals surface area contributed by atoms with Gasteiger partial charge < -0.3 is 10.1 Å². The molecule has 0 spiro atoms. The Morgan fingerprint density at radius 2 is 1.88 bits per heavy atom. The predicted molar refractivity (Wildman–Crippen MR) is 53.9 cm³/mol. The number of nitrogens with zero attached hydrogens (tertiary/aromatic N) is 1. The summed E-state index contributed by atoms with van der Waals surface area (Å²) in [5, 5.41) is 11.3. The normalized spacial score (nSPS) is 12.0. The van der Waals surface area contributed by atoms with Crippen LogP contribution in [0.15, 0.2) is 0 Å². The van der Waals surface area contributed by atoms with Gasteiger partial charge in [-0.15, -0.1) is 0 Å². The standard InChI is InChI=1S/C10H15F3N2O2/c1-3-9(4-2,6-14)15-8(16)5-17-7-10(11,12)13/h3-5,7H2,1-2H3,(H,15,16). The van der Waals surface area contributed by atoms with Crippen molar-refractivity contribution in [3.05, 3.63) is 0 Å². The summed E-state index contributed by atoms with van der Waals surface area (Å²) >= 11 is 0. The van der Waals surface area contributed by atoms with Crippen LogP contribution in [0.2, 0.25) is 0 Å². The third-order valence-corrected chi connectivity index (χ3v) is 2.30. The summed E-state index contributed by atoms with van der Waals surface area (Å²) in [4.78, 5) is 11.3. The number of halogens is 3. The van der Waals surface area contributed by atoms with E-state index in [1.165, 1.54) is 0 Å². The van der Waals surface area contributed by atoms with Crippen molar-refractivity contribution in [3.63, 3.8) is 0 Å². The first-order valence-electron chi connectivity index (χ1n) is 5.15. The molecule has 98 valence electrons. The summed E-state index contributed by atoms with van der Waals surface area (Å²) < 4.78 is 39.4. The molecule has 1 amide bonds. The lowest BCUT2D eigenvalue weighted by atomic mass is 9.95. The summed E-state index contributed by atoms with van der Waals surface area (Å²) in [6.07, 6.45) is -3.70. The smallest absolute Gasteiger partial charge is 0.362 e. The van der Waals surface area contributed by atoms with Crippen LogP contribution in [0.3, 0.4) is 0 Å². The first kappa shape index (κ1) is 15.7. The maximum Gasteiger partial charge on any atom is 0.411 e. The molecule has 17 heavy (non-hydrogen) atoms. The number of nitrogens with one attached hydrogen (secondary N) is 1. The Balaban J connectivity index is 4.14. The van der Waals surface area contributed by atoms with Crippen molar-refractivity contribution in [1.82, 2.24) is 5.32 Å². The number of carbonyl (C=O) groups is 1. The average Bonchev–Trinajstić information content (AvgIpc) is 2.24. The number of ether oxygens (including phenoxy) is 1. The second kappa shape index (κ2) is 6.45. The number of nitriles is 1. The number of amides is 1. The Labute approximate surface area is 97.7 Å². The molecule has 0 aromatic rings. The average molecular weight is 252 g/mol. The first-order valence-corrected chi connectivity index (χ1v) is 5.15. The van der Waals surface area contributed by atoms with E-state index in [0.717, 1.165) is 0 Å². The van der Waals surface area contributed by atoms with Crippen LogP contribution >= 0.6 is 0 Å². The van der Waals surface area contributed by atoms with Crippen LogP contribution in [-0.4, -0.2) is 30.8 Å². The van der Waals surface area contributed by atoms with E-state index in [1.54, 1.807) is 13.8 Å². The van der Waals surface area contributed by atoms with Gasteiger partial charge in [-0.25, -0.2) is 0 Å². The van der Waals surface area contributed by atoms with Gasteiger partial charge in [0.25, 0.3) is 0 Å². The number of hydrogen-bond acceptors (Lipinski definition) is 3. The third kappa shape index (κ3) is 6.12. The zero-order valence-corrected chi connectivity index (χ0v) is 9.73. The van der Waals surface area contributed by atoms with E-state index in [9.17, 15) is 18.0 Å². The number of hydrogen-bond donors (Lipinski definition) is 1. The summed E-state index contributed by atoms with van der Waals surface area (Å²) in [7, 11) is 0. The van der Waals surface area contributed by atoms with E-state index in [1.807, 2.05) is 6.07 Å². The second-order valence-electron chi connectivity index (χ2n) is 3.56. The molecule has 0 heterocycles. The number of rotatable bonds is 6. The molecule has 0 saturated carbocycles. The highest BCUT2D eigenvalue weighted by Crippen LogP contribution is 2.15. The Kier molecular flexibility index (Phi) is 5.96. The van der Waals surface area contributed by atoms with Crippen molar-refractivity contribution in [3.8, 4) is 6.07 Å². The van der Waals surface area contributed by atoms with Crippen molar-refractivity contribution in [2.75, 3.05) is 13.2 Å². The quantitative estimate of drug-likeness (QED) is 0.783. The molecule has 0 aromatic carbocycles. The topological polar surface area (TPSA) is 62.1 Å². The van der Waals surface area contributed by atoms with Gasteiger partial charge in [0.15, 0.2) is 0 Å². The van der Waals surface area contributed by atoms with Gasteiger partial charge >= 0.3 is 6.18 Å². The van der Waals surface area contributed by atoms with E-state index in [0.29, 0.717) is 12.8 Å². The largest absolute Gasteiger partial charge is 0.411 e. The van der Waals surface area contributed by atoms with Crippen molar-refractivity contribution in [2.45, 2.75) is 38.4 Å². The Bertz CT molecular complexity index is 293. The molecule has 7 heteroatoms. The van der Waals surface area contributed by atoms with Crippen LogP contribution in [0.5, 0.6) is 0 Å². The second-order valence-corrected chi connectivity index (χ2v) is 3.56. The summed E-state index contributed by atoms with van der Waals surface area (Å²) in [6.45, 7) is 1.24. The van der Waals surface area contributed by atoms with Crippen molar-refractivity contribution >= 4 is 5.91 Å². The monoisotopic (exact) mass is 252 g/mol. The molecule has 0 unspecified atom stereocenters. The molecule has 0 saturated heterocycles. The fourth-order valence-corrected chi connectivity index (χ4v) is 1.18. The van der Waals surface area contributed by atoms with Crippen LogP contribution in [0, 0.1) is 11.3 Å². The summed E-state index contributed by atoms with van der Waals surface area (Å²) in [5.41, 5.74) is -1.03. The zero-order chi connectivity index (χ0) is 13.5. The van der Waals surface area contributed by atoms with Gasteiger partial charge in [0.2, 0.25) is 5.91 Å². The molecule has 4 nitrogen and oxygen atoms in total. The first-order chi connectivity index (χ1) is 7.78. The van der Waals surface area contributed by atoms with Gasteiger partial charge in [0.05, 0.1) is 6.07 Å². The minimum absolute atomic E-state index is 0.380. The molecule has 1 N–H and O–H groups in total. The lowest BCUT2D eigenvalue weighted by molar-refractivity contribution is -0.175. The molecule has 0 fully saturated rings. The van der Waals surface area contributed by atoms with E-state index < -0.39 is 30.8 Å². The molecule has 0 bridgehead atoms. The molecular formula is C10H15F3N2O2. The molecule has 0 aromatic heterocycles. The fourth-order valence-electron chi connectivity index (χ4n) is 1.18. The molecule has 0 rings (SSSR count). The van der Waals surface area contributed by atoms with Crippen LogP contribution in [-0.2, 0) is 9.53 Å². The van der Waals surface area contributed by atoms with Gasteiger partial charge in [-0.1, -0.05) is 13.8 Å². The zero-order valence-electron chi connectivity index (χ0n) is 9.73. The minimum atomic E-state index is -4.46. The fraction of sp³-hybridized carbons (Fsp3) is 0.800. The van der Waals surface area contributed by atoms with Gasteiger partial charge in [-0.05, 0) is 12.8 Å². The summed E-state index contributed by atoms with van der Waals surface area (Å²) in [6, 6.07) is 1.94. The molecule has 0 aliphatic rings. The SMILES string of the molecule is CCC(C#N)(CC)NC(=O)COCC(F)(F)F. The minimum Gasteiger partial charge on any atom is -0.362 e. The van der Waals surface area contributed by atoms with Gasteiger partial charge in [0, 0.05) is 0 Å². The van der Waals surface area contributed by atoms with Crippen molar-refractivity contribution in [2.24, 2.45) is 0 Å². The highest BCUT2D eigenvalue weighted by Gasteiger charge is 2.30. The summed E-state index contributed by atoms with van der Waals surface area (Å²) in [5.74, 6) is -0.723. The highest BCUT2D eigenvalue weighted by molar-refractivity contribution is 5.78. The van der Waals surface area contributed by atoms with E-state index in [4.69, 9.17) is 5.26 Å². The Morgan fingerprint density at radius 3 is 2.24 bits per heavy atom. The Morgan fingerprint density at radius 1 is 1.35 bits per heavy atom. The predicted octanol–water partition coefficient (Wildman–Crippen LogP) is 1.76. The molecule has 0 aliphatic heterocycles. The number of carbonyl (C=O) groups excluding carboxylic acids is 1. The maximum absolute atomic E-state index is 11.7. The van der Waals surface area contributed by atoms with E-state index in [-0.39, 0.29) is 0 Å². The molecule has 0 radical (unpaired) electrons. The molecular weight excluding hydrogens is 237 g/mol. The van der Waals surface area contributed by atoms with Crippen molar-refractivity contribution in [1.29, 1.82) is 5.26 Å². The van der Waals surface area contributed by atoms with Crippen LogP contribution < -0.4 is 5.32 Å². The third-order valence-electron chi connectivity index (χ3n) is 2.30. The van der Waals surface area contributed by atoms with Crippen LogP contribution in [0.25, 0.3) is 0 Å². The lowest BCUT2D eigenvalue weighted by Gasteiger charge is -2.24. The van der Waals surface area contributed by atoms with Gasteiger partial charge in [0.1, 0.15) is 18.8 Å².